The molecule has 0 saturated heterocycles. The number of carbonyl (C=O) groups is 2. The number of carbonyl (C=O) groups excluding carboxylic acids is 2. The Kier molecular flexibility index (Phi) is 4.77. The van der Waals surface area contributed by atoms with Crippen molar-refractivity contribution >= 4 is 29.2 Å². The monoisotopic (exact) mass is 224 g/mol. The topological polar surface area (TPSA) is 43.4 Å². The quantitative estimate of drug-likeness (QED) is 0.438. The number of allylic oxidation sites excluding steroid dienone is 1. The van der Waals surface area contributed by atoms with Crippen LogP contribution in [-0.2, 0) is 14.3 Å². The molecule has 1 aromatic heterocycles. The van der Waals surface area contributed by atoms with Crippen molar-refractivity contribution in [2.45, 2.75) is 13.3 Å². The lowest BCUT2D eigenvalue weighted by Crippen LogP contribution is -2.02. The van der Waals surface area contributed by atoms with Gasteiger partial charge in [0.1, 0.15) is 6.61 Å². The molecule has 15 heavy (non-hydrogen) atoms. The zero-order valence-corrected chi connectivity index (χ0v) is 9.25. The Bertz CT molecular complexity index is 352. The van der Waals surface area contributed by atoms with Crippen LogP contribution in [0.2, 0.25) is 0 Å². The number of hydrogen-bond acceptors (Lipinski definition) is 4. The molecule has 4 heteroatoms. The second-order valence-electron chi connectivity index (χ2n) is 2.79. The maximum atomic E-state index is 10.8. The molecule has 0 amide bonds. The van der Waals surface area contributed by atoms with E-state index in [1.165, 1.54) is 11.3 Å². The summed E-state index contributed by atoms with van der Waals surface area (Å²) in [6.07, 6.45) is 2.74. The highest BCUT2D eigenvalue weighted by Crippen LogP contribution is 2.17. The second-order valence-corrected chi connectivity index (χ2v) is 3.74. The summed E-state index contributed by atoms with van der Waals surface area (Å²) < 4.78 is 4.85. The van der Waals surface area contributed by atoms with Crippen molar-refractivity contribution in [2.75, 3.05) is 6.61 Å². The van der Waals surface area contributed by atoms with Crippen LogP contribution >= 0.6 is 11.3 Å². The van der Waals surface area contributed by atoms with Crippen LogP contribution in [0, 0.1) is 0 Å². The standard InChI is InChI=1S/C11H12O3S/c1-2-11(13)14-6-5-9(8-12)10-4-3-7-15-10/h3-5,7-8H,2,6H2,1H3/b9-5+. The Morgan fingerprint density at radius 3 is 2.93 bits per heavy atom. The minimum atomic E-state index is -0.261. The fourth-order valence-corrected chi connectivity index (χ4v) is 1.70. The Morgan fingerprint density at radius 1 is 1.60 bits per heavy atom. The highest BCUT2D eigenvalue weighted by molar-refractivity contribution is 7.11. The second kappa shape index (κ2) is 6.14. The van der Waals surface area contributed by atoms with E-state index in [0.29, 0.717) is 12.0 Å². The fraction of sp³-hybridized carbons (Fsp3) is 0.273. The van der Waals surface area contributed by atoms with E-state index in [1.807, 2.05) is 17.5 Å². The van der Waals surface area contributed by atoms with Gasteiger partial charge in [-0.1, -0.05) is 13.0 Å². The molecule has 1 aromatic rings. The molecule has 3 nitrogen and oxygen atoms in total. The minimum Gasteiger partial charge on any atom is -0.461 e. The third-order valence-corrected chi connectivity index (χ3v) is 2.69. The van der Waals surface area contributed by atoms with Crippen LogP contribution in [0.3, 0.4) is 0 Å². The highest BCUT2D eigenvalue weighted by atomic mass is 32.1. The van der Waals surface area contributed by atoms with Crippen molar-refractivity contribution in [3.63, 3.8) is 0 Å². The van der Waals surface area contributed by atoms with Crippen molar-refractivity contribution in [3.8, 4) is 0 Å². The predicted molar refractivity (Wildman–Crippen MR) is 59.6 cm³/mol. The molecule has 0 fully saturated rings. The summed E-state index contributed by atoms with van der Waals surface area (Å²) in [5.74, 6) is -0.261. The van der Waals surface area contributed by atoms with E-state index in [1.54, 1.807) is 13.0 Å². The molecule has 0 aliphatic rings. The number of thiophene rings is 1. The average Bonchev–Trinajstić information content (AvgIpc) is 2.77. The molecule has 1 heterocycles. The molecular weight excluding hydrogens is 212 g/mol. The van der Waals surface area contributed by atoms with Gasteiger partial charge in [-0.2, -0.15) is 0 Å². The van der Waals surface area contributed by atoms with E-state index in [0.717, 1.165) is 11.2 Å². The zero-order valence-electron chi connectivity index (χ0n) is 8.43. The van der Waals surface area contributed by atoms with Crippen LogP contribution in [0.25, 0.3) is 5.57 Å². The van der Waals surface area contributed by atoms with Gasteiger partial charge in [0.25, 0.3) is 0 Å². The first-order valence-electron chi connectivity index (χ1n) is 4.62. The maximum Gasteiger partial charge on any atom is 0.305 e. The summed E-state index contributed by atoms with van der Waals surface area (Å²) in [5, 5.41) is 1.89. The van der Waals surface area contributed by atoms with Crippen LogP contribution in [0.1, 0.15) is 18.2 Å². The summed E-state index contributed by atoms with van der Waals surface area (Å²) in [7, 11) is 0. The van der Waals surface area contributed by atoms with Crippen LogP contribution in [-0.4, -0.2) is 18.9 Å². The van der Waals surface area contributed by atoms with Crippen LogP contribution in [0.4, 0.5) is 0 Å². The van der Waals surface area contributed by atoms with Crippen molar-refractivity contribution in [1.29, 1.82) is 0 Å². The van der Waals surface area contributed by atoms with Crippen molar-refractivity contribution in [2.24, 2.45) is 0 Å². The van der Waals surface area contributed by atoms with Gasteiger partial charge in [0.2, 0.25) is 0 Å². The molecule has 80 valence electrons. The van der Waals surface area contributed by atoms with Gasteiger partial charge in [0, 0.05) is 16.9 Å². The molecule has 0 atom stereocenters. The third-order valence-electron chi connectivity index (χ3n) is 1.77. The van der Waals surface area contributed by atoms with Crippen molar-refractivity contribution in [1.82, 2.24) is 0 Å². The molecule has 0 unspecified atom stereocenters. The molecule has 0 spiro atoms. The molecule has 0 N–H and O–H groups in total. The SMILES string of the molecule is CCC(=O)OC/C=C(\C=O)c1cccs1. The Labute approximate surface area is 92.4 Å². The van der Waals surface area contributed by atoms with Gasteiger partial charge in [-0.05, 0) is 17.5 Å². The van der Waals surface area contributed by atoms with Gasteiger partial charge in [-0.15, -0.1) is 11.3 Å². The minimum absolute atomic E-state index is 0.151. The Hall–Kier alpha value is -1.42. The number of rotatable bonds is 5. The van der Waals surface area contributed by atoms with Crippen LogP contribution in [0.15, 0.2) is 23.6 Å². The smallest absolute Gasteiger partial charge is 0.305 e. The molecule has 0 saturated carbocycles. The number of aldehydes is 1. The van der Waals surface area contributed by atoms with Gasteiger partial charge in [-0.3, -0.25) is 9.59 Å². The molecular formula is C11H12O3S. The van der Waals surface area contributed by atoms with Crippen LogP contribution < -0.4 is 0 Å². The molecule has 0 aliphatic heterocycles. The van der Waals surface area contributed by atoms with Crippen LogP contribution in [0.5, 0.6) is 0 Å². The predicted octanol–water partition coefficient (Wildman–Crippen LogP) is 2.28. The first-order valence-corrected chi connectivity index (χ1v) is 5.50. The third kappa shape index (κ3) is 3.67. The first kappa shape index (κ1) is 11.7. The van der Waals surface area contributed by atoms with E-state index in [2.05, 4.69) is 0 Å². The summed E-state index contributed by atoms with van der Waals surface area (Å²) in [4.78, 5) is 22.5. The van der Waals surface area contributed by atoms with Gasteiger partial charge >= 0.3 is 5.97 Å². The molecule has 0 radical (unpaired) electrons. The largest absolute Gasteiger partial charge is 0.461 e. The molecule has 0 aliphatic carbocycles. The summed E-state index contributed by atoms with van der Waals surface area (Å²) in [6.45, 7) is 1.88. The fourth-order valence-electron chi connectivity index (χ4n) is 0.976. The van der Waals surface area contributed by atoms with E-state index in [4.69, 9.17) is 4.74 Å². The van der Waals surface area contributed by atoms with Crippen molar-refractivity contribution in [3.05, 3.63) is 28.5 Å². The first-order chi connectivity index (χ1) is 7.27. The van der Waals surface area contributed by atoms with Crippen molar-refractivity contribution < 1.29 is 14.3 Å². The number of esters is 1. The summed E-state index contributed by atoms with van der Waals surface area (Å²) in [6, 6.07) is 3.72. The lowest BCUT2D eigenvalue weighted by molar-refractivity contribution is -0.142. The number of ether oxygens (including phenoxy) is 1. The van der Waals surface area contributed by atoms with Gasteiger partial charge in [-0.25, -0.2) is 0 Å². The van der Waals surface area contributed by atoms with E-state index < -0.39 is 0 Å². The Balaban J connectivity index is 2.56. The lowest BCUT2D eigenvalue weighted by atomic mass is 10.2. The molecule has 1 rings (SSSR count). The Morgan fingerprint density at radius 2 is 2.40 bits per heavy atom. The average molecular weight is 224 g/mol. The van der Waals surface area contributed by atoms with Gasteiger partial charge in [0.15, 0.2) is 6.29 Å². The highest BCUT2D eigenvalue weighted by Gasteiger charge is 2.01. The normalized spacial score (nSPS) is 11.1. The zero-order chi connectivity index (χ0) is 11.1. The maximum absolute atomic E-state index is 10.8. The van der Waals surface area contributed by atoms with Gasteiger partial charge < -0.3 is 4.74 Å². The van der Waals surface area contributed by atoms with Gasteiger partial charge in [0.05, 0.1) is 0 Å². The lowest BCUT2D eigenvalue weighted by Gasteiger charge is -1.99. The van der Waals surface area contributed by atoms with E-state index >= 15 is 0 Å². The van der Waals surface area contributed by atoms with E-state index in [9.17, 15) is 9.59 Å². The summed E-state index contributed by atoms with van der Waals surface area (Å²) in [5.41, 5.74) is 0.564. The number of hydrogen-bond donors (Lipinski definition) is 0. The summed E-state index contributed by atoms with van der Waals surface area (Å²) >= 11 is 1.48. The molecule has 0 aromatic carbocycles. The van der Waals surface area contributed by atoms with E-state index in [-0.39, 0.29) is 12.6 Å². The molecule has 0 bridgehead atoms.